The number of aromatic carboxylic acids is 2. The van der Waals surface area contributed by atoms with E-state index >= 15 is 0 Å². The number of hydrogen-bond acceptors (Lipinski definition) is 6. The van der Waals surface area contributed by atoms with Gasteiger partial charge in [-0.2, -0.15) is 17.6 Å². The van der Waals surface area contributed by atoms with Crippen molar-refractivity contribution >= 4 is 23.3 Å². The molecule has 0 aliphatic heterocycles. The molecule has 0 saturated carbocycles. The molecule has 0 heterocycles. The predicted octanol–water partition coefficient (Wildman–Crippen LogP) is 6.08. The van der Waals surface area contributed by atoms with E-state index in [0.717, 1.165) is 36.4 Å². The monoisotopic (exact) mass is 530 g/mol. The van der Waals surface area contributed by atoms with Gasteiger partial charge in [0.15, 0.2) is 0 Å². The summed E-state index contributed by atoms with van der Waals surface area (Å²) in [6.07, 6.45) is 0. The van der Waals surface area contributed by atoms with Gasteiger partial charge in [-0.1, -0.05) is 36.4 Å². The summed E-state index contributed by atoms with van der Waals surface area (Å²) in [5, 5.41) is 18.1. The van der Waals surface area contributed by atoms with Gasteiger partial charge in [0.2, 0.25) is 34.8 Å². The van der Waals surface area contributed by atoms with Gasteiger partial charge in [0.05, 0.1) is 11.1 Å². The lowest BCUT2D eigenvalue weighted by molar-refractivity contribution is 0.0687. The molecule has 0 amide bonds. The third-order valence-corrected chi connectivity index (χ3v) is 4.80. The number of hydrogen-bond donors (Lipinski definition) is 4. The van der Waals surface area contributed by atoms with Crippen molar-refractivity contribution in [2.45, 2.75) is 0 Å². The number of nitrogens with two attached hydrogens (primary N) is 2. The van der Waals surface area contributed by atoms with Crippen LogP contribution in [-0.4, -0.2) is 22.2 Å². The van der Waals surface area contributed by atoms with Crippen molar-refractivity contribution < 1.29 is 46.8 Å². The van der Waals surface area contributed by atoms with Gasteiger partial charge in [-0.3, -0.25) is 0 Å². The van der Waals surface area contributed by atoms with Crippen molar-refractivity contribution in [2.75, 3.05) is 11.5 Å². The molecule has 0 aliphatic carbocycles. The van der Waals surface area contributed by atoms with Crippen LogP contribution < -0.4 is 20.9 Å². The van der Waals surface area contributed by atoms with Gasteiger partial charge in [-0.25, -0.2) is 9.59 Å². The van der Waals surface area contributed by atoms with Crippen molar-refractivity contribution in [2.24, 2.45) is 0 Å². The summed E-state index contributed by atoms with van der Waals surface area (Å²) in [5.41, 5.74) is 9.61. The van der Waals surface area contributed by atoms with Crippen molar-refractivity contribution in [1.82, 2.24) is 0 Å². The average Bonchev–Trinajstić information content (AvgIpc) is 2.90. The SMILES string of the molecule is Nc1ccc(Oc2c(F)c(F)c(Oc3ccc(N)c(C(=O)O)c3)c(F)c2F)cc1C(=O)O.c1ccccc1. The van der Waals surface area contributed by atoms with Gasteiger partial charge in [0, 0.05) is 11.4 Å². The Bertz CT molecular complexity index is 1350. The minimum atomic E-state index is -1.98. The zero-order valence-corrected chi connectivity index (χ0v) is 19.1. The lowest BCUT2D eigenvalue weighted by atomic mass is 10.1. The first-order chi connectivity index (χ1) is 18.0. The number of rotatable bonds is 6. The van der Waals surface area contributed by atoms with Crippen molar-refractivity contribution in [3.63, 3.8) is 0 Å². The maximum absolute atomic E-state index is 14.5. The molecule has 196 valence electrons. The highest BCUT2D eigenvalue weighted by Crippen LogP contribution is 2.39. The fourth-order valence-corrected chi connectivity index (χ4v) is 2.96. The van der Waals surface area contributed by atoms with Gasteiger partial charge in [-0.15, -0.1) is 0 Å². The molecule has 8 nitrogen and oxygen atoms in total. The van der Waals surface area contributed by atoms with Crippen LogP contribution in [0.2, 0.25) is 0 Å². The number of carboxylic acids is 2. The maximum atomic E-state index is 14.5. The average molecular weight is 530 g/mol. The molecule has 0 bridgehead atoms. The quantitative estimate of drug-likeness (QED) is 0.133. The molecule has 0 radical (unpaired) electrons. The fourth-order valence-electron chi connectivity index (χ4n) is 2.96. The van der Waals surface area contributed by atoms with Crippen LogP contribution in [0, 0.1) is 23.3 Å². The lowest BCUT2D eigenvalue weighted by Crippen LogP contribution is -2.06. The van der Waals surface area contributed by atoms with Crippen molar-refractivity contribution in [3.05, 3.63) is 107 Å². The van der Waals surface area contributed by atoms with Crippen LogP contribution in [0.1, 0.15) is 20.7 Å². The molecule has 0 aromatic heterocycles. The molecule has 0 atom stereocenters. The summed E-state index contributed by atoms with van der Waals surface area (Å²) in [6, 6.07) is 17.8. The Balaban J connectivity index is 0.000000585. The van der Waals surface area contributed by atoms with Crippen LogP contribution in [0.5, 0.6) is 23.0 Å². The van der Waals surface area contributed by atoms with E-state index in [2.05, 4.69) is 0 Å². The Labute approximate surface area is 212 Å². The highest BCUT2D eigenvalue weighted by Gasteiger charge is 2.29. The second-order valence-corrected chi connectivity index (χ2v) is 7.38. The Hall–Kier alpha value is -5.26. The Morgan fingerprint density at radius 1 is 0.579 bits per heavy atom. The van der Waals surface area contributed by atoms with Crippen LogP contribution in [0.3, 0.4) is 0 Å². The summed E-state index contributed by atoms with van der Waals surface area (Å²) >= 11 is 0. The van der Waals surface area contributed by atoms with E-state index in [0.29, 0.717) is 0 Å². The van der Waals surface area contributed by atoms with E-state index in [1.54, 1.807) is 0 Å². The molecule has 12 heteroatoms. The summed E-state index contributed by atoms with van der Waals surface area (Å²) in [6.45, 7) is 0. The van der Waals surface area contributed by atoms with Crippen LogP contribution in [-0.2, 0) is 0 Å². The molecular weight excluding hydrogens is 512 g/mol. The molecule has 4 aromatic rings. The van der Waals surface area contributed by atoms with Gasteiger partial charge in [-0.05, 0) is 36.4 Å². The highest BCUT2D eigenvalue weighted by atomic mass is 19.2. The lowest BCUT2D eigenvalue weighted by Gasteiger charge is -2.14. The summed E-state index contributed by atoms with van der Waals surface area (Å²) in [7, 11) is 0. The van der Waals surface area contributed by atoms with Crippen molar-refractivity contribution in [1.29, 1.82) is 0 Å². The van der Waals surface area contributed by atoms with E-state index in [-0.39, 0.29) is 11.4 Å². The van der Waals surface area contributed by atoms with E-state index in [1.807, 2.05) is 36.4 Å². The molecule has 6 N–H and O–H groups in total. The molecule has 0 saturated heterocycles. The number of nitrogen functional groups attached to an aromatic ring is 2. The van der Waals surface area contributed by atoms with Crippen LogP contribution >= 0.6 is 0 Å². The normalized spacial score (nSPS) is 10.2. The van der Waals surface area contributed by atoms with Crippen LogP contribution in [0.25, 0.3) is 0 Å². The zero-order valence-electron chi connectivity index (χ0n) is 19.1. The molecule has 4 rings (SSSR count). The van der Waals surface area contributed by atoms with Crippen LogP contribution in [0.15, 0.2) is 72.8 Å². The van der Waals surface area contributed by atoms with Gasteiger partial charge in [0.25, 0.3) is 0 Å². The summed E-state index contributed by atoms with van der Waals surface area (Å²) < 4.78 is 67.5. The number of benzene rings is 4. The second kappa shape index (κ2) is 11.6. The van der Waals surface area contributed by atoms with E-state index in [4.69, 9.17) is 31.2 Å². The first kappa shape index (κ1) is 27.3. The topological polar surface area (TPSA) is 145 Å². The Kier molecular flexibility index (Phi) is 8.38. The number of carboxylic acid groups (broad SMARTS) is 2. The third-order valence-electron chi connectivity index (χ3n) is 4.80. The van der Waals surface area contributed by atoms with E-state index < -0.39 is 69.3 Å². The van der Waals surface area contributed by atoms with Crippen LogP contribution in [0.4, 0.5) is 28.9 Å². The second-order valence-electron chi connectivity index (χ2n) is 7.38. The Morgan fingerprint density at radius 3 is 1.13 bits per heavy atom. The smallest absolute Gasteiger partial charge is 0.337 e. The number of ether oxygens (including phenoxy) is 2. The molecule has 38 heavy (non-hydrogen) atoms. The number of anilines is 2. The minimum Gasteiger partial charge on any atom is -0.478 e. The van der Waals surface area contributed by atoms with Gasteiger partial charge < -0.3 is 31.2 Å². The van der Waals surface area contributed by atoms with E-state index in [9.17, 15) is 27.2 Å². The summed E-state index contributed by atoms with van der Waals surface area (Å²) in [5.74, 6) is -14.8. The summed E-state index contributed by atoms with van der Waals surface area (Å²) in [4.78, 5) is 22.2. The molecule has 4 aromatic carbocycles. The van der Waals surface area contributed by atoms with Gasteiger partial charge in [0.1, 0.15) is 11.5 Å². The molecule has 0 aliphatic rings. The number of carbonyl (C=O) groups is 2. The molecule has 0 fully saturated rings. The van der Waals surface area contributed by atoms with E-state index in [1.165, 1.54) is 0 Å². The fraction of sp³-hybridized carbons (Fsp3) is 0. The largest absolute Gasteiger partial charge is 0.478 e. The standard InChI is InChI=1S/C20H12F4N2O6.C6H6/c21-13-15(23)18(32-8-2-4-12(26)10(6-8)20(29)30)16(24)14(22)17(13)31-7-1-3-11(25)9(5-7)19(27)28;1-2-4-6-5-3-1/h1-6H,25-26H2,(H,27,28)(H,29,30);1-6H. The highest BCUT2D eigenvalue weighted by molar-refractivity contribution is 5.94. The zero-order chi connectivity index (χ0) is 28.0. The van der Waals surface area contributed by atoms with Crippen molar-refractivity contribution in [3.8, 4) is 23.0 Å². The third kappa shape index (κ3) is 6.10. The maximum Gasteiger partial charge on any atom is 0.337 e. The Morgan fingerprint density at radius 2 is 0.868 bits per heavy atom. The molecule has 0 spiro atoms. The van der Waals surface area contributed by atoms with Gasteiger partial charge >= 0.3 is 11.9 Å². The predicted molar refractivity (Wildman–Crippen MR) is 128 cm³/mol. The first-order valence-electron chi connectivity index (χ1n) is 10.5. The minimum absolute atomic E-state index is 0.184. The molecule has 0 unspecified atom stereocenters. The first-order valence-corrected chi connectivity index (χ1v) is 10.5. The number of halogens is 4. The molecular formula is C26H18F4N2O6.